The first-order valence-corrected chi connectivity index (χ1v) is 10.5. The van der Waals surface area contributed by atoms with E-state index in [9.17, 15) is 13.2 Å². The maximum absolute atomic E-state index is 12.6. The van der Waals surface area contributed by atoms with Gasteiger partial charge in [-0.2, -0.15) is 0 Å². The van der Waals surface area contributed by atoms with Gasteiger partial charge in [0.25, 0.3) is 15.9 Å². The first kappa shape index (κ1) is 20.5. The Hall–Kier alpha value is -2.25. The van der Waals surface area contributed by atoms with Crippen LogP contribution in [0.3, 0.4) is 0 Å². The minimum atomic E-state index is -3.89. The van der Waals surface area contributed by atoms with E-state index in [1.807, 2.05) is 0 Å². The minimum absolute atomic E-state index is 0.0572. The molecule has 3 rings (SSSR count). The molecule has 1 amide bonds. The standard InChI is InChI=1S/C19H13Cl3N2O3S/c20-13-3-1-12(2-4-13)19(25)23-18-11-16(9-10-17(18)22)28(26,27)24-15-7-5-14(21)6-8-15/h1-11,24H,(H,23,25). The number of carbonyl (C=O) groups is 1. The lowest BCUT2D eigenvalue weighted by atomic mass is 10.2. The quantitative estimate of drug-likeness (QED) is 0.518. The van der Waals surface area contributed by atoms with Crippen molar-refractivity contribution in [2.45, 2.75) is 4.90 Å². The predicted molar refractivity (Wildman–Crippen MR) is 113 cm³/mol. The molecule has 5 nitrogen and oxygen atoms in total. The highest BCUT2D eigenvalue weighted by molar-refractivity contribution is 7.92. The molecule has 0 atom stereocenters. The van der Waals surface area contributed by atoms with E-state index in [1.54, 1.807) is 48.5 Å². The van der Waals surface area contributed by atoms with Crippen molar-refractivity contribution in [3.8, 4) is 0 Å². The molecule has 28 heavy (non-hydrogen) atoms. The SMILES string of the molecule is O=C(Nc1cc(S(=O)(=O)Nc2ccc(Cl)cc2)ccc1Cl)c1ccc(Cl)cc1. The van der Waals surface area contributed by atoms with E-state index < -0.39 is 15.9 Å². The van der Waals surface area contributed by atoms with Crippen LogP contribution in [-0.2, 0) is 10.0 Å². The minimum Gasteiger partial charge on any atom is -0.321 e. The summed E-state index contributed by atoms with van der Waals surface area (Å²) < 4.78 is 27.7. The molecule has 0 aliphatic carbocycles. The third kappa shape index (κ3) is 4.97. The van der Waals surface area contributed by atoms with E-state index >= 15 is 0 Å². The number of carbonyl (C=O) groups excluding carboxylic acids is 1. The van der Waals surface area contributed by atoms with Crippen molar-refractivity contribution < 1.29 is 13.2 Å². The van der Waals surface area contributed by atoms with Crippen LogP contribution in [0.15, 0.2) is 71.6 Å². The average Bonchev–Trinajstić information content (AvgIpc) is 2.65. The van der Waals surface area contributed by atoms with Gasteiger partial charge in [0.15, 0.2) is 0 Å². The van der Waals surface area contributed by atoms with Gasteiger partial charge in [0.1, 0.15) is 0 Å². The molecule has 0 heterocycles. The van der Waals surface area contributed by atoms with E-state index in [4.69, 9.17) is 34.8 Å². The van der Waals surface area contributed by atoms with E-state index in [0.29, 0.717) is 21.3 Å². The van der Waals surface area contributed by atoms with E-state index in [0.717, 1.165) is 0 Å². The Morgan fingerprint density at radius 2 is 1.36 bits per heavy atom. The second-order valence-electron chi connectivity index (χ2n) is 5.72. The first-order chi connectivity index (χ1) is 13.2. The number of amides is 1. The van der Waals surface area contributed by atoms with E-state index in [-0.39, 0.29) is 15.6 Å². The van der Waals surface area contributed by atoms with Gasteiger partial charge in [0.05, 0.1) is 15.6 Å². The molecule has 0 unspecified atom stereocenters. The van der Waals surface area contributed by atoms with E-state index in [2.05, 4.69) is 10.0 Å². The fraction of sp³-hybridized carbons (Fsp3) is 0. The van der Waals surface area contributed by atoms with E-state index in [1.165, 1.54) is 18.2 Å². The van der Waals surface area contributed by atoms with Crippen molar-refractivity contribution in [1.29, 1.82) is 0 Å². The predicted octanol–water partition coefficient (Wildman–Crippen LogP) is 5.70. The number of rotatable bonds is 5. The molecular formula is C19H13Cl3N2O3S. The summed E-state index contributed by atoms with van der Waals surface area (Å²) in [5.74, 6) is -0.446. The lowest BCUT2D eigenvalue weighted by Crippen LogP contribution is -2.15. The van der Waals surface area contributed by atoms with Crippen molar-refractivity contribution in [1.82, 2.24) is 0 Å². The molecule has 2 N–H and O–H groups in total. The van der Waals surface area contributed by atoms with Crippen LogP contribution in [0.25, 0.3) is 0 Å². The Labute approximate surface area is 177 Å². The van der Waals surface area contributed by atoms with Gasteiger partial charge in [-0.1, -0.05) is 34.8 Å². The summed E-state index contributed by atoms with van der Waals surface area (Å²) in [6.07, 6.45) is 0. The largest absolute Gasteiger partial charge is 0.321 e. The second kappa shape index (κ2) is 8.41. The van der Waals surface area contributed by atoms with Crippen LogP contribution in [0, 0.1) is 0 Å². The number of sulfonamides is 1. The van der Waals surface area contributed by atoms with Gasteiger partial charge in [-0.25, -0.2) is 8.42 Å². The van der Waals surface area contributed by atoms with Crippen molar-refractivity contribution >= 4 is 62.1 Å². The molecule has 3 aromatic carbocycles. The molecule has 0 radical (unpaired) electrons. The molecule has 9 heteroatoms. The van der Waals surface area contributed by atoms with Gasteiger partial charge in [-0.05, 0) is 66.7 Å². The van der Waals surface area contributed by atoms with Crippen LogP contribution in [0.4, 0.5) is 11.4 Å². The molecule has 0 aliphatic heterocycles. The lowest BCUT2D eigenvalue weighted by molar-refractivity contribution is 0.102. The summed E-state index contributed by atoms with van der Waals surface area (Å²) in [4.78, 5) is 12.3. The number of hydrogen-bond donors (Lipinski definition) is 2. The molecule has 144 valence electrons. The van der Waals surface area contributed by atoms with Crippen molar-refractivity contribution in [3.63, 3.8) is 0 Å². The Kier molecular flexibility index (Phi) is 6.15. The summed E-state index contributed by atoms with van der Waals surface area (Å²) in [6, 6.07) is 16.5. The normalized spacial score (nSPS) is 11.1. The highest BCUT2D eigenvalue weighted by atomic mass is 35.5. The number of hydrogen-bond acceptors (Lipinski definition) is 3. The zero-order valence-electron chi connectivity index (χ0n) is 14.1. The van der Waals surface area contributed by atoms with Gasteiger partial charge in [0, 0.05) is 21.3 Å². The van der Waals surface area contributed by atoms with Gasteiger partial charge >= 0.3 is 0 Å². The first-order valence-electron chi connectivity index (χ1n) is 7.89. The topological polar surface area (TPSA) is 75.3 Å². The average molecular weight is 456 g/mol. The fourth-order valence-electron chi connectivity index (χ4n) is 2.30. The number of halogens is 3. The zero-order valence-corrected chi connectivity index (χ0v) is 17.2. The fourth-order valence-corrected chi connectivity index (χ4v) is 3.80. The Morgan fingerprint density at radius 1 is 0.786 bits per heavy atom. The Balaban J connectivity index is 1.84. The summed E-state index contributed by atoms with van der Waals surface area (Å²) >= 11 is 17.7. The molecule has 0 bridgehead atoms. The highest BCUT2D eigenvalue weighted by Crippen LogP contribution is 2.27. The Morgan fingerprint density at radius 3 is 1.96 bits per heavy atom. The molecule has 0 fully saturated rings. The van der Waals surface area contributed by atoms with Gasteiger partial charge < -0.3 is 5.32 Å². The molecule has 0 spiro atoms. The van der Waals surface area contributed by atoms with Crippen molar-refractivity contribution in [2.75, 3.05) is 10.0 Å². The summed E-state index contributed by atoms with van der Waals surface area (Å²) in [7, 11) is -3.89. The number of nitrogens with one attached hydrogen (secondary N) is 2. The van der Waals surface area contributed by atoms with Crippen LogP contribution in [0.5, 0.6) is 0 Å². The van der Waals surface area contributed by atoms with Crippen LogP contribution in [-0.4, -0.2) is 14.3 Å². The third-order valence-electron chi connectivity index (χ3n) is 3.70. The molecule has 0 saturated carbocycles. The summed E-state index contributed by atoms with van der Waals surface area (Å²) in [5, 5.41) is 3.79. The maximum atomic E-state index is 12.6. The molecule has 0 aromatic heterocycles. The van der Waals surface area contributed by atoms with Crippen LogP contribution in [0.2, 0.25) is 15.1 Å². The van der Waals surface area contributed by atoms with Crippen molar-refractivity contribution in [2.24, 2.45) is 0 Å². The molecule has 0 aliphatic rings. The monoisotopic (exact) mass is 454 g/mol. The number of benzene rings is 3. The summed E-state index contributed by atoms with van der Waals surface area (Å²) in [6.45, 7) is 0. The molecule has 3 aromatic rings. The maximum Gasteiger partial charge on any atom is 0.261 e. The smallest absolute Gasteiger partial charge is 0.261 e. The Bertz CT molecular complexity index is 1120. The lowest BCUT2D eigenvalue weighted by Gasteiger charge is -2.12. The molecular weight excluding hydrogens is 443 g/mol. The highest BCUT2D eigenvalue weighted by Gasteiger charge is 2.17. The van der Waals surface area contributed by atoms with Gasteiger partial charge in [0.2, 0.25) is 0 Å². The third-order valence-corrected chi connectivity index (χ3v) is 5.91. The van der Waals surface area contributed by atoms with Crippen LogP contribution < -0.4 is 10.0 Å². The van der Waals surface area contributed by atoms with Crippen LogP contribution >= 0.6 is 34.8 Å². The zero-order chi connectivity index (χ0) is 20.3. The second-order valence-corrected chi connectivity index (χ2v) is 8.68. The number of anilines is 2. The molecule has 0 saturated heterocycles. The van der Waals surface area contributed by atoms with Gasteiger partial charge in [-0.15, -0.1) is 0 Å². The van der Waals surface area contributed by atoms with Crippen LogP contribution in [0.1, 0.15) is 10.4 Å². The van der Waals surface area contributed by atoms with Gasteiger partial charge in [-0.3, -0.25) is 9.52 Å². The van der Waals surface area contributed by atoms with Crippen molar-refractivity contribution in [3.05, 3.63) is 87.4 Å². The summed E-state index contributed by atoms with van der Waals surface area (Å²) in [5.41, 5.74) is 0.875.